The minimum absolute atomic E-state index is 0.0948. The van der Waals surface area contributed by atoms with Crippen molar-refractivity contribution in [3.8, 4) is 0 Å². The van der Waals surface area contributed by atoms with Gasteiger partial charge < -0.3 is 14.9 Å². The highest BCUT2D eigenvalue weighted by Gasteiger charge is 2.15. The maximum absolute atomic E-state index is 11.1. The Hall–Kier alpha value is -0.610. The molecular weight excluding hydrogens is 184 g/mol. The van der Waals surface area contributed by atoms with Crippen molar-refractivity contribution in [2.45, 2.75) is 45.1 Å². The van der Waals surface area contributed by atoms with Gasteiger partial charge in [-0.1, -0.05) is 13.3 Å². The van der Waals surface area contributed by atoms with Crippen molar-refractivity contribution in [2.75, 3.05) is 13.2 Å². The Morgan fingerprint density at radius 1 is 1.36 bits per heavy atom. The Kier molecular flexibility index (Phi) is 8.57. The van der Waals surface area contributed by atoms with Gasteiger partial charge in [-0.2, -0.15) is 0 Å². The maximum atomic E-state index is 11.1. The Morgan fingerprint density at radius 3 is 2.64 bits per heavy atom. The highest BCUT2D eigenvalue weighted by Crippen LogP contribution is 2.02. The van der Waals surface area contributed by atoms with E-state index in [0.717, 1.165) is 12.8 Å². The molecule has 84 valence electrons. The second kappa shape index (κ2) is 8.97. The Balaban J connectivity index is 3.44. The molecule has 0 bridgehead atoms. The third-order valence-electron chi connectivity index (χ3n) is 1.90. The lowest BCUT2D eigenvalue weighted by molar-refractivity contribution is -0.154. The van der Waals surface area contributed by atoms with Gasteiger partial charge in [0.05, 0.1) is 6.61 Å². The van der Waals surface area contributed by atoms with Gasteiger partial charge in [0.1, 0.15) is 0 Å². The van der Waals surface area contributed by atoms with E-state index in [9.17, 15) is 9.90 Å². The number of aliphatic hydroxyl groups is 2. The summed E-state index contributed by atoms with van der Waals surface area (Å²) in [4.78, 5) is 11.1. The first-order valence-electron chi connectivity index (χ1n) is 5.18. The van der Waals surface area contributed by atoms with Crippen LogP contribution in [0.5, 0.6) is 0 Å². The Labute approximate surface area is 84.9 Å². The summed E-state index contributed by atoms with van der Waals surface area (Å²) in [5.74, 6) is -0.545. The van der Waals surface area contributed by atoms with Crippen LogP contribution in [0.15, 0.2) is 0 Å². The highest BCUT2D eigenvalue weighted by atomic mass is 16.5. The summed E-state index contributed by atoms with van der Waals surface area (Å²) in [5, 5.41) is 17.8. The van der Waals surface area contributed by atoms with Gasteiger partial charge in [0.2, 0.25) is 0 Å². The number of ether oxygens (including phenoxy) is 1. The SMILES string of the molecule is CCCCOC(=O)C(O)CCCCO. The molecule has 0 rings (SSSR count). The van der Waals surface area contributed by atoms with Crippen molar-refractivity contribution >= 4 is 5.97 Å². The van der Waals surface area contributed by atoms with Gasteiger partial charge in [-0.25, -0.2) is 4.79 Å². The summed E-state index contributed by atoms with van der Waals surface area (Å²) in [6, 6.07) is 0. The van der Waals surface area contributed by atoms with Gasteiger partial charge in [-0.15, -0.1) is 0 Å². The van der Waals surface area contributed by atoms with Crippen molar-refractivity contribution in [3.05, 3.63) is 0 Å². The number of rotatable bonds is 8. The second-order valence-corrected chi connectivity index (χ2v) is 3.26. The zero-order valence-electron chi connectivity index (χ0n) is 8.74. The number of carbonyl (C=O) groups excluding carboxylic acids is 1. The van der Waals surface area contributed by atoms with Crippen molar-refractivity contribution < 1.29 is 19.7 Å². The minimum Gasteiger partial charge on any atom is -0.464 e. The van der Waals surface area contributed by atoms with Gasteiger partial charge in [0.15, 0.2) is 6.10 Å². The number of unbranched alkanes of at least 4 members (excludes halogenated alkanes) is 2. The molecule has 1 atom stereocenters. The van der Waals surface area contributed by atoms with Crippen LogP contribution < -0.4 is 0 Å². The van der Waals surface area contributed by atoms with Crippen LogP contribution in [0.3, 0.4) is 0 Å². The molecule has 0 aromatic carbocycles. The number of aliphatic hydroxyl groups excluding tert-OH is 2. The van der Waals surface area contributed by atoms with Crippen LogP contribution in [0.2, 0.25) is 0 Å². The summed E-state index contributed by atoms with van der Waals surface area (Å²) < 4.78 is 4.82. The summed E-state index contributed by atoms with van der Waals surface area (Å²) >= 11 is 0. The molecule has 1 unspecified atom stereocenters. The smallest absolute Gasteiger partial charge is 0.334 e. The number of carbonyl (C=O) groups is 1. The van der Waals surface area contributed by atoms with Crippen LogP contribution in [0.1, 0.15) is 39.0 Å². The molecule has 0 fully saturated rings. The fourth-order valence-electron chi connectivity index (χ4n) is 0.981. The molecule has 0 aliphatic rings. The third kappa shape index (κ3) is 6.86. The highest BCUT2D eigenvalue weighted by molar-refractivity contribution is 5.74. The average molecular weight is 204 g/mol. The molecular formula is C10H20O4. The van der Waals surface area contributed by atoms with Crippen LogP contribution >= 0.6 is 0 Å². The molecule has 0 saturated carbocycles. The van der Waals surface area contributed by atoms with Crippen LogP contribution in [0, 0.1) is 0 Å². The van der Waals surface area contributed by atoms with Crippen molar-refractivity contribution in [1.82, 2.24) is 0 Å². The average Bonchev–Trinajstić information content (AvgIpc) is 2.18. The molecule has 2 N–H and O–H groups in total. The lowest BCUT2D eigenvalue weighted by Gasteiger charge is -2.09. The zero-order chi connectivity index (χ0) is 10.8. The maximum Gasteiger partial charge on any atom is 0.334 e. The molecule has 0 aliphatic heterocycles. The first kappa shape index (κ1) is 13.4. The Bertz CT molecular complexity index is 147. The molecule has 14 heavy (non-hydrogen) atoms. The number of esters is 1. The predicted molar refractivity (Wildman–Crippen MR) is 52.8 cm³/mol. The molecule has 0 radical (unpaired) electrons. The van der Waals surface area contributed by atoms with E-state index in [0.29, 0.717) is 25.9 Å². The molecule has 0 aromatic rings. The van der Waals surface area contributed by atoms with E-state index in [1.807, 2.05) is 6.92 Å². The van der Waals surface area contributed by atoms with E-state index in [2.05, 4.69) is 0 Å². The summed E-state index contributed by atoms with van der Waals surface area (Å²) in [6.07, 6.45) is 2.38. The Morgan fingerprint density at radius 2 is 2.07 bits per heavy atom. The van der Waals surface area contributed by atoms with Gasteiger partial charge in [-0.05, 0) is 25.7 Å². The van der Waals surface area contributed by atoms with Gasteiger partial charge in [-0.3, -0.25) is 0 Å². The van der Waals surface area contributed by atoms with Gasteiger partial charge in [0, 0.05) is 6.61 Å². The van der Waals surface area contributed by atoms with Crippen molar-refractivity contribution in [3.63, 3.8) is 0 Å². The van der Waals surface area contributed by atoms with E-state index < -0.39 is 12.1 Å². The summed E-state index contributed by atoms with van der Waals surface area (Å²) in [5.41, 5.74) is 0. The number of hydrogen-bond donors (Lipinski definition) is 2. The quantitative estimate of drug-likeness (QED) is 0.454. The largest absolute Gasteiger partial charge is 0.464 e. The standard InChI is InChI=1S/C10H20O4/c1-2-3-8-14-10(13)9(12)6-4-5-7-11/h9,11-12H,2-8H2,1H3. The van der Waals surface area contributed by atoms with E-state index in [-0.39, 0.29) is 6.61 Å². The van der Waals surface area contributed by atoms with E-state index in [1.165, 1.54) is 0 Å². The fourth-order valence-corrected chi connectivity index (χ4v) is 0.981. The van der Waals surface area contributed by atoms with Crippen LogP contribution in [-0.4, -0.2) is 35.5 Å². The first-order chi connectivity index (χ1) is 6.72. The minimum atomic E-state index is -1.03. The molecule has 0 saturated heterocycles. The number of hydrogen-bond acceptors (Lipinski definition) is 4. The van der Waals surface area contributed by atoms with E-state index in [1.54, 1.807) is 0 Å². The van der Waals surface area contributed by atoms with Gasteiger partial charge in [0.25, 0.3) is 0 Å². The lowest BCUT2D eigenvalue weighted by atomic mass is 10.1. The van der Waals surface area contributed by atoms with Gasteiger partial charge >= 0.3 is 5.97 Å². The molecule has 0 aromatic heterocycles. The van der Waals surface area contributed by atoms with Crippen molar-refractivity contribution in [2.24, 2.45) is 0 Å². The molecule has 4 nitrogen and oxygen atoms in total. The van der Waals surface area contributed by atoms with Crippen LogP contribution in [0.25, 0.3) is 0 Å². The fraction of sp³-hybridized carbons (Fsp3) is 0.900. The van der Waals surface area contributed by atoms with E-state index >= 15 is 0 Å². The van der Waals surface area contributed by atoms with Crippen LogP contribution in [0.4, 0.5) is 0 Å². The third-order valence-corrected chi connectivity index (χ3v) is 1.90. The summed E-state index contributed by atoms with van der Waals surface area (Å²) in [6.45, 7) is 2.48. The monoisotopic (exact) mass is 204 g/mol. The zero-order valence-corrected chi connectivity index (χ0v) is 8.74. The van der Waals surface area contributed by atoms with Crippen LogP contribution in [-0.2, 0) is 9.53 Å². The normalized spacial score (nSPS) is 12.5. The molecule has 0 amide bonds. The molecule has 0 spiro atoms. The van der Waals surface area contributed by atoms with Crippen molar-refractivity contribution in [1.29, 1.82) is 0 Å². The van der Waals surface area contributed by atoms with E-state index in [4.69, 9.17) is 9.84 Å². The lowest BCUT2D eigenvalue weighted by Crippen LogP contribution is -2.23. The first-order valence-corrected chi connectivity index (χ1v) is 5.18. The predicted octanol–water partition coefficient (Wildman–Crippen LogP) is 0.853. The molecule has 4 heteroatoms. The summed E-state index contributed by atoms with van der Waals surface area (Å²) in [7, 11) is 0. The molecule has 0 aliphatic carbocycles. The second-order valence-electron chi connectivity index (χ2n) is 3.26. The molecule has 0 heterocycles. The topological polar surface area (TPSA) is 66.8 Å².